The molecule has 4 saturated heterocycles. The first kappa shape index (κ1) is 74.7. The van der Waals surface area contributed by atoms with Gasteiger partial charge in [-0.1, -0.05) is 0 Å². The Labute approximate surface area is 571 Å². The second-order valence-corrected chi connectivity index (χ2v) is 26.5. The van der Waals surface area contributed by atoms with Gasteiger partial charge in [-0.25, -0.2) is 44.7 Å². The first-order valence-corrected chi connectivity index (χ1v) is 31.6. The lowest BCUT2D eigenvalue weighted by Crippen LogP contribution is -2.56. The topological polar surface area (TPSA) is 349 Å². The summed E-state index contributed by atoms with van der Waals surface area (Å²) < 4.78 is 121. The lowest BCUT2D eigenvalue weighted by Gasteiger charge is -2.39. The summed E-state index contributed by atoms with van der Waals surface area (Å²) in [5.41, 5.74) is 17.0. The summed E-state index contributed by atoms with van der Waals surface area (Å²) >= 11 is 3.35. The summed E-state index contributed by atoms with van der Waals surface area (Å²) in [6.07, 6.45) is 9.14. The molecule has 0 bridgehead atoms. The van der Waals surface area contributed by atoms with Gasteiger partial charge in [0.2, 0.25) is 0 Å². The third-order valence-corrected chi connectivity index (χ3v) is 15.6. The Morgan fingerprint density at radius 1 is 0.475 bits per heavy atom. The van der Waals surface area contributed by atoms with E-state index in [9.17, 15) is 50.0 Å². The van der Waals surface area contributed by atoms with Gasteiger partial charge in [0.1, 0.15) is 79.6 Å². The molecule has 4 unspecified atom stereocenters. The number of carbonyl (C=O) groups is 2. The average Bonchev–Trinajstić information content (AvgIpc) is 0.792. The number of benzene rings is 4. The molecule has 4 aromatic carbocycles. The maximum absolute atomic E-state index is 14.4. The largest absolute Gasteiger partial charge is 0.444 e. The van der Waals surface area contributed by atoms with Gasteiger partial charge in [-0.05, 0) is 106 Å². The van der Waals surface area contributed by atoms with Crippen LogP contribution in [0, 0.1) is 45.3 Å². The number of nitrogens with one attached hydrogen (secondary N) is 3. The van der Waals surface area contributed by atoms with Crippen LogP contribution in [0.15, 0.2) is 103 Å². The molecule has 0 radical (unpaired) electrons. The number of carbonyl (C=O) groups excluding carboxylic acids is 2. The number of aromatic nitrogens is 8. The van der Waals surface area contributed by atoms with Gasteiger partial charge >= 0.3 is 12.2 Å². The Kier molecular flexibility index (Phi) is 23.6. The molecule has 2 amide bonds. The highest BCUT2D eigenvalue weighted by Crippen LogP contribution is 2.37. The van der Waals surface area contributed by atoms with Gasteiger partial charge in [0.15, 0.2) is 0 Å². The minimum Gasteiger partial charge on any atom is -0.444 e. The third kappa shape index (κ3) is 20.5. The fourth-order valence-corrected chi connectivity index (χ4v) is 11.7. The molecule has 7 N–H and O–H groups in total. The molecular weight excluding hydrogens is 1370 g/mol. The van der Waals surface area contributed by atoms with Crippen LogP contribution in [0.3, 0.4) is 0 Å². The molecule has 8 heterocycles. The second kappa shape index (κ2) is 31.2. The highest BCUT2D eigenvalue weighted by Gasteiger charge is 2.44. The first-order chi connectivity index (χ1) is 46.6. The number of alkyl carbamates (subject to hydrolysis) is 2. The standard InChI is InChI=1S/C19H21F2N5O2.2C14H13F2N5.C10H18F2N2O2.C9H4BrN3/c1-18(2,3)28-17(27)25-13-8-19(20,21)11-26(10-13)14-5-4-12(9-22)15-16(14)24-7-6-23-15;2*15-14(16)5-10(18)7-21(8-14)11-2-1-9(6-17)12-13(11)20-4-3-19-12;1-9(2,3)16-8(15)14-7-4-10(11,12)6-13-5-7;10-7-2-1-6(5-11)8-9(7)13-4-3-12-8/h4-7,13H,8,10-11H2,1-3H3,(H,25,27);2*1-4,10H,5,7-8,18H2;7,13H,4-6H2,1-3H3,(H,14,15);1-4H. The normalized spacial score (nSPS) is 19.7. The van der Waals surface area contributed by atoms with Crippen LogP contribution in [-0.4, -0.2) is 163 Å². The zero-order chi connectivity index (χ0) is 72.3. The maximum Gasteiger partial charge on any atom is 0.407 e. The van der Waals surface area contributed by atoms with Crippen molar-refractivity contribution in [2.24, 2.45) is 11.5 Å². The van der Waals surface area contributed by atoms with Crippen LogP contribution >= 0.6 is 15.9 Å². The van der Waals surface area contributed by atoms with Crippen molar-refractivity contribution in [3.05, 3.63) is 125 Å². The van der Waals surface area contributed by atoms with Crippen LogP contribution in [0.2, 0.25) is 0 Å². The summed E-state index contributed by atoms with van der Waals surface area (Å²) in [6, 6.07) is 18.6. The Morgan fingerprint density at radius 3 is 1.12 bits per heavy atom. The van der Waals surface area contributed by atoms with Gasteiger partial charge in [-0.15, -0.1) is 0 Å². The van der Waals surface area contributed by atoms with E-state index in [-0.39, 0.29) is 32.4 Å². The third-order valence-electron chi connectivity index (χ3n) is 14.9. The van der Waals surface area contributed by atoms with Crippen LogP contribution in [0.25, 0.3) is 44.1 Å². The van der Waals surface area contributed by atoms with Crippen molar-refractivity contribution >= 4 is 89.3 Å². The molecule has 520 valence electrons. The van der Waals surface area contributed by atoms with E-state index in [1.165, 1.54) is 57.9 Å². The van der Waals surface area contributed by atoms with E-state index in [2.05, 4.69) is 77.8 Å². The SMILES string of the molecule is CC(C)(C)OC(=O)NC1CN(c2ccc(C#N)c3nccnc23)CC(F)(F)C1.CC(C)(C)OC(=O)NC1CNCC(F)(F)C1.N#Cc1ccc(Br)c2nccnc12.N#Cc1ccc(N2CC(N)CC(F)(F)C2)c2nccnc12.N#Cc1ccc(N2CC(N)CC(F)(F)C2)c2nccnc12. The van der Waals surface area contributed by atoms with Crippen molar-refractivity contribution < 1.29 is 54.2 Å². The van der Waals surface area contributed by atoms with Crippen molar-refractivity contribution in [2.75, 3.05) is 67.1 Å². The van der Waals surface area contributed by atoms with Crippen molar-refractivity contribution in [3.63, 3.8) is 0 Å². The van der Waals surface area contributed by atoms with Gasteiger partial charge in [0.25, 0.3) is 23.7 Å². The monoisotopic (exact) mass is 1440 g/mol. The number of nitriles is 4. The second-order valence-electron chi connectivity index (χ2n) is 25.7. The number of hydrogen-bond donors (Lipinski definition) is 5. The summed E-state index contributed by atoms with van der Waals surface area (Å²) in [6.45, 7) is 9.78. The molecule has 24 nitrogen and oxygen atoms in total. The number of ether oxygens (including phenoxy) is 2. The van der Waals surface area contributed by atoms with E-state index in [1.807, 2.05) is 18.2 Å². The van der Waals surface area contributed by atoms with Crippen LogP contribution in [0.5, 0.6) is 0 Å². The number of piperidine rings is 4. The van der Waals surface area contributed by atoms with Crippen LogP contribution in [0.4, 0.5) is 61.8 Å². The lowest BCUT2D eigenvalue weighted by atomic mass is 10.0. The van der Waals surface area contributed by atoms with E-state index in [4.69, 9.17) is 36.7 Å². The molecule has 4 aromatic heterocycles. The Balaban J connectivity index is 0.000000161. The number of nitrogens with two attached hydrogens (primary N) is 2. The van der Waals surface area contributed by atoms with Crippen molar-refractivity contribution in [1.29, 1.82) is 21.0 Å². The molecule has 99 heavy (non-hydrogen) atoms. The first-order valence-electron chi connectivity index (χ1n) is 30.8. The maximum atomic E-state index is 14.4. The number of anilines is 3. The number of amides is 2. The quantitative estimate of drug-likeness (QED) is 0.1000. The fraction of sp³-hybridized carbons (Fsp3) is 0.424. The summed E-state index contributed by atoms with van der Waals surface area (Å²) in [4.78, 5) is 61.1. The highest BCUT2D eigenvalue weighted by atomic mass is 79.9. The molecule has 0 aliphatic carbocycles. The van der Waals surface area contributed by atoms with Crippen LogP contribution < -0.4 is 42.1 Å². The molecule has 12 rings (SSSR count). The minimum atomic E-state index is -3.01. The Bertz CT molecular complexity index is 4280. The molecule has 0 spiro atoms. The molecule has 4 aliphatic heterocycles. The number of hydrogen-bond acceptors (Lipinski definition) is 22. The van der Waals surface area contributed by atoms with Gasteiger partial charge in [0.05, 0.1) is 77.6 Å². The number of alkyl halides is 8. The molecular formula is C66H69BrF8N20O4. The van der Waals surface area contributed by atoms with Crippen LogP contribution in [0.1, 0.15) is 89.5 Å². The number of halogens is 9. The minimum absolute atomic E-state index is 0.159. The van der Waals surface area contributed by atoms with Gasteiger partial charge in [-0.2, -0.15) is 21.0 Å². The van der Waals surface area contributed by atoms with Crippen LogP contribution in [-0.2, 0) is 9.47 Å². The summed E-state index contributed by atoms with van der Waals surface area (Å²) in [7, 11) is 0. The van der Waals surface area contributed by atoms with E-state index < -0.39 is 97.3 Å². The molecule has 4 atom stereocenters. The summed E-state index contributed by atoms with van der Waals surface area (Å²) in [5, 5.41) is 43.7. The number of nitrogens with zero attached hydrogens (tertiary/aromatic N) is 15. The Morgan fingerprint density at radius 2 is 0.778 bits per heavy atom. The van der Waals surface area contributed by atoms with E-state index in [0.29, 0.717) is 97.6 Å². The van der Waals surface area contributed by atoms with Gasteiger partial charge in [0, 0.05) is 118 Å². The van der Waals surface area contributed by atoms with Crippen molar-refractivity contribution in [2.45, 2.75) is 126 Å². The zero-order valence-electron chi connectivity index (χ0n) is 54.4. The fourth-order valence-electron chi connectivity index (χ4n) is 11.3. The highest BCUT2D eigenvalue weighted by molar-refractivity contribution is 9.10. The zero-order valence-corrected chi connectivity index (χ0v) is 56.0. The van der Waals surface area contributed by atoms with E-state index in [0.717, 1.165) is 9.99 Å². The lowest BCUT2D eigenvalue weighted by molar-refractivity contribution is -0.0324. The van der Waals surface area contributed by atoms with Gasteiger partial charge < -0.3 is 51.6 Å². The predicted molar refractivity (Wildman–Crippen MR) is 355 cm³/mol. The molecule has 0 saturated carbocycles. The molecule has 4 fully saturated rings. The smallest absolute Gasteiger partial charge is 0.407 e. The predicted octanol–water partition coefficient (Wildman–Crippen LogP) is 10.4. The van der Waals surface area contributed by atoms with Crippen molar-refractivity contribution in [1.82, 2.24) is 55.8 Å². The van der Waals surface area contributed by atoms with Crippen molar-refractivity contribution in [3.8, 4) is 24.3 Å². The number of fused-ring (bicyclic) bond motifs is 4. The van der Waals surface area contributed by atoms with E-state index >= 15 is 0 Å². The van der Waals surface area contributed by atoms with E-state index in [1.54, 1.807) is 96.4 Å². The molecule has 4 aliphatic rings. The molecule has 8 aromatic rings. The average molecular weight is 1440 g/mol. The van der Waals surface area contributed by atoms with Gasteiger partial charge in [-0.3, -0.25) is 39.9 Å². The molecule has 33 heteroatoms. The summed E-state index contributed by atoms with van der Waals surface area (Å²) in [5.74, 6) is -11.4. The number of rotatable bonds is 5. The Hall–Kier alpha value is -10.1.